The third-order valence-electron chi connectivity index (χ3n) is 2.03. The van der Waals surface area contributed by atoms with Crippen LogP contribution in [0.25, 0.3) is 0 Å². The monoisotopic (exact) mass is 332 g/mol. The highest BCUT2D eigenvalue weighted by molar-refractivity contribution is 14.1. The Hall–Kier alpha value is -1.25. The summed E-state index contributed by atoms with van der Waals surface area (Å²) in [5.74, 6) is 0.957. The van der Waals surface area contributed by atoms with Crippen LogP contribution in [0, 0.1) is 17.4 Å². The Kier molecular flexibility index (Phi) is 3.03. The summed E-state index contributed by atoms with van der Waals surface area (Å²) in [4.78, 5) is 20.0. The van der Waals surface area contributed by atoms with Crippen LogP contribution in [-0.2, 0) is 6.54 Å². The lowest BCUT2D eigenvalue weighted by molar-refractivity contribution is 0.365. The van der Waals surface area contributed by atoms with Gasteiger partial charge < -0.3 is 4.52 Å². The summed E-state index contributed by atoms with van der Waals surface area (Å²) in [5, 5.41) is 3.66. The molecule has 0 atom stereocenters. The number of aryl methyl sites for hydroxylation is 2. The molecule has 0 aliphatic heterocycles. The van der Waals surface area contributed by atoms with E-state index in [1.54, 1.807) is 13.8 Å². The van der Waals surface area contributed by atoms with Crippen LogP contribution in [0.1, 0.15) is 17.4 Å². The fraction of sp³-hybridized carbons (Fsp3) is 0.333. The molecule has 0 spiro atoms. The largest absolute Gasteiger partial charge is 0.337 e. The molecule has 0 saturated carbocycles. The Balaban J connectivity index is 2.36. The first-order valence-corrected chi connectivity index (χ1v) is 5.66. The molecule has 0 amide bonds. The van der Waals surface area contributed by atoms with E-state index in [0.29, 0.717) is 15.3 Å². The summed E-state index contributed by atoms with van der Waals surface area (Å²) in [6, 6.07) is 0. The van der Waals surface area contributed by atoms with Crippen LogP contribution in [0.15, 0.2) is 15.6 Å². The van der Waals surface area contributed by atoms with Crippen molar-refractivity contribution in [1.29, 1.82) is 0 Å². The molecule has 0 N–H and O–H groups in total. The van der Waals surface area contributed by atoms with Crippen molar-refractivity contribution in [3.63, 3.8) is 0 Å². The molecule has 2 aromatic rings. The Labute approximate surface area is 105 Å². The van der Waals surface area contributed by atoms with Gasteiger partial charge in [0.2, 0.25) is 5.89 Å². The number of hydrogen-bond acceptors (Lipinski definition) is 5. The van der Waals surface area contributed by atoms with Gasteiger partial charge in [-0.1, -0.05) is 5.16 Å². The number of hydrogen-bond donors (Lipinski definition) is 0. The Morgan fingerprint density at radius 2 is 2.25 bits per heavy atom. The van der Waals surface area contributed by atoms with Gasteiger partial charge in [-0.25, -0.2) is 4.98 Å². The molecule has 0 fully saturated rings. The van der Waals surface area contributed by atoms with Gasteiger partial charge in [0, 0.05) is 0 Å². The van der Waals surface area contributed by atoms with Crippen molar-refractivity contribution in [3.8, 4) is 0 Å². The van der Waals surface area contributed by atoms with Gasteiger partial charge in [-0.3, -0.25) is 9.36 Å². The van der Waals surface area contributed by atoms with E-state index in [2.05, 4.69) is 15.1 Å². The van der Waals surface area contributed by atoms with E-state index in [0.717, 1.165) is 5.69 Å². The van der Waals surface area contributed by atoms with Gasteiger partial charge >= 0.3 is 0 Å². The van der Waals surface area contributed by atoms with Gasteiger partial charge in [-0.2, -0.15) is 4.98 Å². The van der Waals surface area contributed by atoms with Crippen molar-refractivity contribution in [2.45, 2.75) is 20.4 Å². The number of rotatable bonds is 2. The van der Waals surface area contributed by atoms with E-state index in [9.17, 15) is 4.79 Å². The number of halogens is 1. The van der Waals surface area contributed by atoms with E-state index >= 15 is 0 Å². The lowest BCUT2D eigenvalue weighted by atomic mass is 10.4. The molecule has 0 aliphatic rings. The number of nitrogens with zero attached hydrogens (tertiary/aromatic N) is 4. The summed E-state index contributed by atoms with van der Waals surface area (Å²) >= 11 is 1.98. The van der Waals surface area contributed by atoms with E-state index in [4.69, 9.17) is 4.52 Å². The Morgan fingerprint density at radius 1 is 1.50 bits per heavy atom. The van der Waals surface area contributed by atoms with Crippen LogP contribution in [0.5, 0.6) is 0 Å². The van der Waals surface area contributed by atoms with Crippen LogP contribution in [0.4, 0.5) is 0 Å². The van der Waals surface area contributed by atoms with Gasteiger partial charge in [0.05, 0.1) is 15.6 Å². The van der Waals surface area contributed by atoms with Gasteiger partial charge in [0.25, 0.3) is 5.56 Å². The molecular formula is C9H9IN4O2. The molecular weight excluding hydrogens is 323 g/mol. The summed E-state index contributed by atoms with van der Waals surface area (Å²) in [6.45, 7) is 3.78. The van der Waals surface area contributed by atoms with Gasteiger partial charge in [-0.15, -0.1) is 0 Å². The van der Waals surface area contributed by atoms with E-state index in [1.807, 2.05) is 22.6 Å². The van der Waals surface area contributed by atoms with Crippen molar-refractivity contribution in [3.05, 3.63) is 37.7 Å². The second-order valence-electron chi connectivity index (χ2n) is 3.31. The maximum atomic E-state index is 11.8. The average molecular weight is 332 g/mol. The van der Waals surface area contributed by atoms with Crippen LogP contribution in [-0.4, -0.2) is 19.7 Å². The third kappa shape index (κ3) is 2.13. The van der Waals surface area contributed by atoms with E-state index < -0.39 is 0 Å². The molecule has 2 rings (SSSR count). The minimum atomic E-state index is -0.0936. The van der Waals surface area contributed by atoms with Crippen molar-refractivity contribution in [2.24, 2.45) is 0 Å². The molecule has 7 heteroatoms. The standard InChI is InChI=1S/C9H9IN4O2/c1-5-8(10)9(15)14(4-11-5)3-7-12-6(2)13-16-7/h4H,3H2,1-2H3. The van der Waals surface area contributed by atoms with Crippen LogP contribution in [0.3, 0.4) is 0 Å². The van der Waals surface area contributed by atoms with Gasteiger partial charge in [0.15, 0.2) is 5.82 Å². The zero-order valence-electron chi connectivity index (χ0n) is 8.77. The predicted octanol–water partition coefficient (Wildman–Crippen LogP) is 0.896. The normalized spacial score (nSPS) is 10.7. The molecule has 0 unspecified atom stereocenters. The molecule has 2 aromatic heterocycles. The average Bonchev–Trinajstić information content (AvgIpc) is 2.65. The summed E-state index contributed by atoms with van der Waals surface area (Å²) in [7, 11) is 0. The number of aromatic nitrogens is 4. The van der Waals surface area contributed by atoms with Crippen LogP contribution >= 0.6 is 22.6 Å². The first-order valence-electron chi connectivity index (χ1n) is 4.58. The topological polar surface area (TPSA) is 73.8 Å². The van der Waals surface area contributed by atoms with Gasteiger partial charge in [-0.05, 0) is 36.4 Å². The van der Waals surface area contributed by atoms with Crippen LogP contribution < -0.4 is 5.56 Å². The predicted molar refractivity (Wildman–Crippen MR) is 64.1 cm³/mol. The Morgan fingerprint density at radius 3 is 2.88 bits per heavy atom. The first-order chi connectivity index (χ1) is 7.58. The quantitative estimate of drug-likeness (QED) is 0.764. The molecule has 16 heavy (non-hydrogen) atoms. The van der Waals surface area contributed by atoms with Crippen LogP contribution in [0.2, 0.25) is 0 Å². The highest BCUT2D eigenvalue weighted by Crippen LogP contribution is 2.03. The fourth-order valence-corrected chi connectivity index (χ4v) is 1.66. The summed E-state index contributed by atoms with van der Waals surface area (Å²) in [6.07, 6.45) is 1.49. The third-order valence-corrected chi connectivity index (χ3v) is 3.27. The molecule has 0 aliphatic carbocycles. The van der Waals surface area contributed by atoms with Crippen molar-refractivity contribution in [2.75, 3.05) is 0 Å². The van der Waals surface area contributed by atoms with E-state index in [1.165, 1.54) is 10.9 Å². The summed E-state index contributed by atoms with van der Waals surface area (Å²) in [5.41, 5.74) is 0.632. The van der Waals surface area contributed by atoms with Crippen molar-refractivity contribution >= 4 is 22.6 Å². The minimum Gasteiger partial charge on any atom is -0.337 e. The first kappa shape index (κ1) is 11.2. The lowest BCUT2D eigenvalue weighted by Gasteiger charge is -2.03. The molecule has 6 nitrogen and oxygen atoms in total. The molecule has 0 bridgehead atoms. The minimum absolute atomic E-state index is 0.0936. The molecule has 0 aromatic carbocycles. The maximum Gasteiger partial charge on any atom is 0.267 e. The van der Waals surface area contributed by atoms with Gasteiger partial charge in [0.1, 0.15) is 6.54 Å². The summed E-state index contributed by atoms with van der Waals surface area (Å²) < 4.78 is 7.00. The fourth-order valence-electron chi connectivity index (χ4n) is 1.21. The highest BCUT2D eigenvalue weighted by atomic mass is 127. The zero-order valence-corrected chi connectivity index (χ0v) is 10.9. The highest BCUT2D eigenvalue weighted by Gasteiger charge is 2.09. The SMILES string of the molecule is Cc1noc(Cn2cnc(C)c(I)c2=O)n1. The maximum absolute atomic E-state index is 11.8. The second-order valence-corrected chi connectivity index (χ2v) is 4.39. The zero-order chi connectivity index (χ0) is 11.7. The Bertz CT molecular complexity index is 575. The van der Waals surface area contributed by atoms with E-state index in [-0.39, 0.29) is 12.1 Å². The smallest absolute Gasteiger partial charge is 0.267 e. The second kappa shape index (κ2) is 4.32. The van der Waals surface area contributed by atoms with Crippen molar-refractivity contribution < 1.29 is 4.52 Å². The van der Waals surface area contributed by atoms with Crippen molar-refractivity contribution in [1.82, 2.24) is 19.7 Å². The molecule has 0 radical (unpaired) electrons. The molecule has 2 heterocycles. The lowest BCUT2D eigenvalue weighted by Crippen LogP contribution is -2.24. The molecule has 0 saturated heterocycles. The molecule has 84 valence electrons.